The van der Waals surface area contributed by atoms with Crippen LogP contribution in [0.4, 0.5) is 0 Å². The molecule has 0 radical (unpaired) electrons. The Morgan fingerprint density at radius 3 is 2.55 bits per heavy atom. The fourth-order valence-corrected chi connectivity index (χ4v) is 1.04. The van der Waals surface area contributed by atoms with E-state index in [-0.39, 0.29) is 6.10 Å². The van der Waals surface area contributed by atoms with Gasteiger partial charge in [0.15, 0.2) is 0 Å². The van der Waals surface area contributed by atoms with E-state index < -0.39 is 0 Å². The first-order valence-corrected chi connectivity index (χ1v) is 4.34. The standard InChI is InChI=1S/C9H18O2/c1-4-6-9(10)7-8(3)11-5-2/h8H,4-7H2,1-3H3. The maximum atomic E-state index is 11.0. The van der Waals surface area contributed by atoms with Gasteiger partial charge in [-0.15, -0.1) is 0 Å². The summed E-state index contributed by atoms with van der Waals surface area (Å²) in [6.45, 7) is 6.60. The van der Waals surface area contributed by atoms with E-state index in [9.17, 15) is 4.79 Å². The smallest absolute Gasteiger partial charge is 0.135 e. The highest BCUT2D eigenvalue weighted by molar-refractivity contribution is 5.78. The number of ether oxygens (including phenoxy) is 1. The SMILES string of the molecule is CCCC(=O)CC(C)OCC. The van der Waals surface area contributed by atoms with Crippen molar-refractivity contribution in [3.05, 3.63) is 0 Å². The van der Waals surface area contributed by atoms with Crippen LogP contribution in [0.5, 0.6) is 0 Å². The minimum atomic E-state index is 0.0963. The average Bonchev–Trinajstić information content (AvgIpc) is 1.87. The van der Waals surface area contributed by atoms with Crippen LogP contribution in [0.1, 0.15) is 40.0 Å². The van der Waals surface area contributed by atoms with Crippen LogP contribution in [-0.2, 0) is 9.53 Å². The minimum Gasteiger partial charge on any atom is -0.378 e. The molecular formula is C9H18O2. The summed E-state index contributed by atoms with van der Waals surface area (Å²) in [6, 6.07) is 0. The van der Waals surface area contributed by atoms with Crippen molar-refractivity contribution >= 4 is 5.78 Å². The molecule has 0 N–H and O–H groups in total. The molecule has 0 amide bonds. The lowest BCUT2D eigenvalue weighted by atomic mass is 10.1. The molecule has 0 aromatic carbocycles. The predicted molar refractivity (Wildman–Crippen MR) is 45.6 cm³/mol. The van der Waals surface area contributed by atoms with Gasteiger partial charge in [-0.2, -0.15) is 0 Å². The Kier molecular flexibility index (Phi) is 6.13. The fourth-order valence-electron chi connectivity index (χ4n) is 1.04. The van der Waals surface area contributed by atoms with Gasteiger partial charge in [-0.3, -0.25) is 4.79 Å². The van der Waals surface area contributed by atoms with Crippen LogP contribution >= 0.6 is 0 Å². The molecule has 0 saturated carbocycles. The third-order valence-electron chi connectivity index (χ3n) is 1.50. The quantitative estimate of drug-likeness (QED) is 0.592. The first-order valence-electron chi connectivity index (χ1n) is 4.34. The number of rotatable bonds is 6. The summed E-state index contributed by atoms with van der Waals surface area (Å²) < 4.78 is 5.24. The molecule has 2 nitrogen and oxygen atoms in total. The van der Waals surface area contributed by atoms with E-state index in [1.54, 1.807) is 0 Å². The van der Waals surface area contributed by atoms with Crippen molar-refractivity contribution < 1.29 is 9.53 Å². The molecule has 0 aliphatic rings. The molecular weight excluding hydrogens is 140 g/mol. The molecule has 0 heterocycles. The molecule has 66 valence electrons. The van der Waals surface area contributed by atoms with E-state index >= 15 is 0 Å². The van der Waals surface area contributed by atoms with Gasteiger partial charge in [0.25, 0.3) is 0 Å². The zero-order valence-corrected chi connectivity index (χ0v) is 7.72. The van der Waals surface area contributed by atoms with Crippen LogP contribution in [0.2, 0.25) is 0 Å². The first-order chi connectivity index (χ1) is 5.20. The molecule has 11 heavy (non-hydrogen) atoms. The van der Waals surface area contributed by atoms with Gasteiger partial charge in [0.2, 0.25) is 0 Å². The van der Waals surface area contributed by atoms with E-state index in [0.29, 0.717) is 25.2 Å². The third-order valence-corrected chi connectivity index (χ3v) is 1.50. The Morgan fingerprint density at radius 2 is 2.09 bits per heavy atom. The summed E-state index contributed by atoms with van der Waals surface area (Å²) in [5.74, 6) is 0.313. The Balaban J connectivity index is 3.40. The molecule has 0 aliphatic carbocycles. The van der Waals surface area contributed by atoms with Crippen molar-refractivity contribution in [2.24, 2.45) is 0 Å². The molecule has 1 unspecified atom stereocenters. The zero-order chi connectivity index (χ0) is 8.69. The first kappa shape index (κ1) is 10.6. The van der Waals surface area contributed by atoms with Gasteiger partial charge in [-0.05, 0) is 20.3 Å². The molecule has 1 atom stereocenters. The highest BCUT2D eigenvalue weighted by Crippen LogP contribution is 2.01. The summed E-state index contributed by atoms with van der Waals surface area (Å²) in [6.07, 6.45) is 2.30. The number of ketones is 1. The summed E-state index contributed by atoms with van der Waals surface area (Å²) in [4.78, 5) is 11.0. The maximum Gasteiger partial charge on any atom is 0.135 e. The third kappa shape index (κ3) is 6.05. The van der Waals surface area contributed by atoms with E-state index in [0.717, 1.165) is 6.42 Å². The lowest BCUT2D eigenvalue weighted by molar-refractivity contribution is -0.121. The largest absolute Gasteiger partial charge is 0.378 e. The van der Waals surface area contributed by atoms with Gasteiger partial charge >= 0.3 is 0 Å². The van der Waals surface area contributed by atoms with Gasteiger partial charge < -0.3 is 4.74 Å². The second-order valence-electron chi connectivity index (χ2n) is 2.76. The predicted octanol–water partition coefficient (Wildman–Crippen LogP) is 2.17. The molecule has 0 aromatic heterocycles. The van der Waals surface area contributed by atoms with Gasteiger partial charge in [-0.1, -0.05) is 6.92 Å². The second-order valence-corrected chi connectivity index (χ2v) is 2.76. The Labute approximate surface area is 68.9 Å². The van der Waals surface area contributed by atoms with Gasteiger partial charge in [0, 0.05) is 19.4 Å². The van der Waals surface area contributed by atoms with Crippen molar-refractivity contribution in [1.82, 2.24) is 0 Å². The Morgan fingerprint density at radius 1 is 1.45 bits per heavy atom. The molecule has 0 rings (SSSR count). The second kappa shape index (κ2) is 6.35. The zero-order valence-electron chi connectivity index (χ0n) is 7.72. The summed E-state index contributed by atoms with van der Waals surface area (Å²) >= 11 is 0. The summed E-state index contributed by atoms with van der Waals surface area (Å²) in [5.41, 5.74) is 0. The van der Waals surface area contributed by atoms with E-state index in [4.69, 9.17) is 4.74 Å². The summed E-state index contributed by atoms with van der Waals surface area (Å²) in [7, 11) is 0. The average molecular weight is 158 g/mol. The van der Waals surface area contributed by atoms with Crippen LogP contribution < -0.4 is 0 Å². The molecule has 0 saturated heterocycles. The van der Waals surface area contributed by atoms with Crippen LogP contribution in [0.15, 0.2) is 0 Å². The van der Waals surface area contributed by atoms with Crippen molar-refractivity contribution in [2.75, 3.05) is 6.61 Å². The molecule has 0 spiro atoms. The topological polar surface area (TPSA) is 26.3 Å². The molecule has 0 aliphatic heterocycles. The van der Waals surface area contributed by atoms with Crippen LogP contribution in [0.25, 0.3) is 0 Å². The van der Waals surface area contributed by atoms with Crippen LogP contribution in [0.3, 0.4) is 0 Å². The maximum absolute atomic E-state index is 11.0. The van der Waals surface area contributed by atoms with Crippen molar-refractivity contribution in [3.8, 4) is 0 Å². The van der Waals surface area contributed by atoms with Crippen molar-refractivity contribution in [2.45, 2.75) is 46.1 Å². The summed E-state index contributed by atoms with van der Waals surface area (Å²) in [5, 5.41) is 0. The van der Waals surface area contributed by atoms with E-state index in [2.05, 4.69) is 0 Å². The van der Waals surface area contributed by atoms with E-state index in [1.165, 1.54) is 0 Å². The molecule has 0 bridgehead atoms. The van der Waals surface area contributed by atoms with Crippen molar-refractivity contribution in [1.29, 1.82) is 0 Å². The van der Waals surface area contributed by atoms with E-state index in [1.807, 2.05) is 20.8 Å². The lowest BCUT2D eigenvalue weighted by Crippen LogP contribution is -2.13. The van der Waals surface area contributed by atoms with Crippen LogP contribution in [0, 0.1) is 0 Å². The normalized spacial score (nSPS) is 13.0. The van der Waals surface area contributed by atoms with Crippen LogP contribution in [-0.4, -0.2) is 18.5 Å². The highest BCUT2D eigenvalue weighted by Gasteiger charge is 2.06. The highest BCUT2D eigenvalue weighted by atomic mass is 16.5. The van der Waals surface area contributed by atoms with Gasteiger partial charge in [0.05, 0.1) is 6.10 Å². The Bertz CT molecular complexity index is 110. The van der Waals surface area contributed by atoms with Gasteiger partial charge in [0.1, 0.15) is 5.78 Å². The minimum absolute atomic E-state index is 0.0963. The number of hydrogen-bond acceptors (Lipinski definition) is 2. The number of carbonyl (C=O) groups is 1. The Hall–Kier alpha value is -0.370. The molecule has 0 fully saturated rings. The fraction of sp³-hybridized carbons (Fsp3) is 0.889. The molecule has 0 aromatic rings. The monoisotopic (exact) mass is 158 g/mol. The van der Waals surface area contributed by atoms with Crippen molar-refractivity contribution in [3.63, 3.8) is 0 Å². The number of carbonyl (C=O) groups excluding carboxylic acids is 1. The molecule has 2 heteroatoms. The van der Waals surface area contributed by atoms with Gasteiger partial charge in [-0.25, -0.2) is 0 Å². The lowest BCUT2D eigenvalue weighted by Gasteiger charge is -2.09. The number of hydrogen-bond donors (Lipinski definition) is 0. The number of Topliss-reactive ketones (excluding diaryl/α,β-unsaturated/α-hetero) is 1.